The van der Waals surface area contributed by atoms with Crippen molar-refractivity contribution in [1.82, 2.24) is 9.80 Å². The Balaban J connectivity index is 1.53. The zero-order valence-corrected chi connectivity index (χ0v) is 15.0. The van der Waals surface area contributed by atoms with Crippen LogP contribution in [0.4, 0.5) is 0 Å². The first kappa shape index (κ1) is 17.1. The number of halogens is 2. The van der Waals surface area contributed by atoms with Crippen LogP contribution >= 0.6 is 23.2 Å². The SMILES string of the molecule is O=C(C1CCCCC1)N1CCN(Cc2c(Cl)cccc2Cl)CC1. The van der Waals surface area contributed by atoms with Gasteiger partial charge in [-0.15, -0.1) is 0 Å². The highest BCUT2D eigenvalue weighted by Gasteiger charge is 2.28. The minimum absolute atomic E-state index is 0.272. The summed E-state index contributed by atoms with van der Waals surface area (Å²) in [7, 11) is 0. The van der Waals surface area contributed by atoms with Crippen LogP contribution in [-0.2, 0) is 11.3 Å². The van der Waals surface area contributed by atoms with E-state index in [1.807, 2.05) is 18.2 Å². The van der Waals surface area contributed by atoms with Gasteiger partial charge in [-0.1, -0.05) is 48.5 Å². The third-order valence-electron chi connectivity index (χ3n) is 5.08. The third-order valence-corrected chi connectivity index (χ3v) is 5.79. The quantitative estimate of drug-likeness (QED) is 0.811. The van der Waals surface area contributed by atoms with E-state index in [4.69, 9.17) is 23.2 Å². The number of benzene rings is 1. The van der Waals surface area contributed by atoms with Crippen molar-refractivity contribution in [2.45, 2.75) is 38.6 Å². The molecule has 0 aromatic heterocycles. The Morgan fingerprint density at radius 3 is 2.22 bits per heavy atom. The van der Waals surface area contributed by atoms with Crippen LogP contribution in [0.15, 0.2) is 18.2 Å². The van der Waals surface area contributed by atoms with Gasteiger partial charge in [-0.05, 0) is 25.0 Å². The van der Waals surface area contributed by atoms with Gasteiger partial charge in [0.1, 0.15) is 0 Å². The molecule has 3 nitrogen and oxygen atoms in total. The lowest BCUT2D eigenvalue weighted by molar-refractivity contribution is -0.138. The summed E-state index contributed by atoms with van der Waals surface area (Å²) in [5.41, 5.74) is 0.989. The van der Waals surface area contributed by atoms with E-state index >= 15 is 0 Å². The summed E-state index contributed by atoms with van der Waals surface area (Å²) < 4.78 is 0. The number of carbonyl (C=O) groups excluding carboxylic acids is 1. The molecule has 2 fully saturated rings. The molecule has 3 rings (SSSR count). The van der Waals surface area contributed by atoms with Crippen LogP contribution in [0.3, 0.4) is 0 Å². The second-order valence-electron chi connectivity index (χ2n) is 6.64. The molecule has 0 spiro atoms. The van der Waals surface area contributed by atoms with E-state index in [9.17, 15) is 4.79 Å². The van der Waals surface area contributed by atoms with E-state index in [-0.39, 0.29) is 5.92 Å². The van der Waals surface area contributed by atoms with Gasteiger partial charge in [0.05, 0.1) is 0 Å². The zero-order chi connectivity index (χ0) is 16.2. The Morgan fingerprint density at radius 2 is 1.61 bits per heavy atom. The molecule has 1 heterocycles. The number of carbonyl (C=O) groups is 1. The Morgan fingerprint density at radius 1 is 1.00 bits per heavy atom. The van der Waals surface area contributed by atoms with E-state index in [0.29, 0.717) is 5.91 Å². The Labute approximate surface area is 148 Å². The highest BCUT2D eigenvalue weighted by Crippen LogP contribution is 2.28. The zero-order valence-electron chi connectivity index (χ0n) is 13.4. The summed E-state index contributed by atoms with van der Waals surface area (Å²) in [5.74, 6) is 0.647. The molecular weight excluding hydrogens is 331 g/mol. The maximum Gasteiger partial charge on any atom is 0.225 e. The molecular formula is C18H24Cl2N2O. The van der Waals surface area contributed by atoms with Crippen LogP contribution in [0.2, 0.25) is 10.0 Å². The fourth-order valence-corrected chi connectivity index (χ4v) is 4.16. The topological polar surface area (TPSA) is 23.6 Å². The van der Waals surface area contributed by atoms with Gasteiger partial charge < -0.3 is 4.90 Å². The Kier molecular flexibility index (Phi) is 5.84. The van der Waals surface area contributed by atoms with Crippen molar-refractivity contribution in [2.24, 2.45) is 5.92 Å². The van der Waals surface area contributed by atoms with Gasteiger partial charge in [-0.25, -0.2) is 0 Å². The minimum atomic E-state index is 0.272. The van der Waals surface area contributed by atoms with Crippen molar-refractivity contribution in [3.8, 4) is 0 Å². The number of rotatable bonds is 3. The minimum Gasteiger partial charge on any atom is -0.340 e. The van der Waals surface area contributed by atoms with E-state index in [2.05, 4.69) is 9.80 Å². The number of nitrogens with zero attached hydrogens (tertiary/aromatic N) is 2. The summed E-state index contributed by atoms with van der Waals surface area (Å²) in [6.45, 7) is 4.17. The average Bonchev–Trinajstić information content (AvgIpc) is 2.59. The molecule has 2 aliphatic rings. The van der Waals surface area contributed by atoms with Crippen molar-refractivity contribution in [2.75, 3.05) is 26.2 Å². The Hall–Kier alpha value is -0.770. The molecule has 0 atom stereocenters. The van der Waals surface area contributed by atoms with Gasteiger partial charge in [-0.3, -0.25) is 9.69 Å². The summed E-state index contributed by atoms with van der Waals surface area (Å²) in [4.78, 5) is 17.0. The van der Waals surface area contributed by atoms with Crippen LogP contribution in [0, 0.1) is 5.92 Å². The van der Waals surface area contributed by atoms with Gasteiger partial charge in [-0.2, -0.15) is 0 Å². The molecule has 1 aliphatic heterocycles. The summed E-state index contributed by atoms with van der Waals surface area (Å²) in [5, 5.41) is 1.44. The predicted molar refractivity (Wildman–Crippen MR) is 94.9 cm³/mol. The molecule has 0 radical (unpaired) electrons. The first-order valence-corrected chi connectivity index (χ1v) is 9.35. The van der Waals surface area contributed by atoms with Gasteiger partial charge in [0.15, 0.2) is 0 Å². The summed E-state index contributed by atoms with van der Waals surface area (Å²) in [6, 6.07) is 5.63. The van der Waals surface area contributed by atoms with Crippen LogP contribution in [0.5, 0.6) is 0 Å². The van der Waals surface area contributed by atoms with Crippen molar-refractivity contribution in [3.05, 3.63) is 33.8 Å². The fraction of sp³-hybridized carbons (Fsp3) is 0.611. The molecule has 1 amide bonds. The number of hydrogen-bond donors (Lipinski definition) is 0. The molecule has 1 aromatic rings. The largest absolute Gasteiger partial charge is 0.340 e. The van der Waals surface area contributed by atoms with Crippen molar-refractivity contribution < 1.29 is 4.79 Å². The Bertz CT molecular complexity index is 530. The van der Waals surface area contributed by atoms with Gasteiger partial charge in [0.2, 0.25) is 5.91 Å². The highest BCUT2D eigenvalue weighted by atomic mass is 35.5. The molecule has 0 bridgehead atoms. The molecule has 1 aromatic carbocycles. The normalized spacial score (nSPS) is 20.7. The predicted octanol–water partition coefficient (Wildman–Crippen LogP) is 4.22. The maximum atomic E-state index is 12.6. The van der Waals surface area contributed by atoms with E-state index in [0.717, 1.165) is 61.2 Å². The molecule has 1 aliphatic carbocycles. The number of piperazine rings is 1. The van der Waals surface area contributed by atoms with Gasteiger partial charge in [0, 0.05) is 54.3 Å². The molecule has 0 unspecified atom stereocenters. The second-order valence-corrected chi connectivity index (χ2v) is 7.45. The van der Waals surface area contributed by atoms with Crippen LogP contribution in [0.25, 0.3) is 0 Å². The smallest absolute Gasteiger partial charge is 0.225 e. The lowest BCUT2D eigenvalue weighted by Crippen LogP contribution is -2.50. The monoisotopic (exact) mass is 354 g/mol. The average molecular weight is 355 g/mol. The van der Waals surface area contributed by atoms with Crippen LogP contribution in [-0.4, -0.2) is 41.9 Å². The van der Waals surface area contributed by atoms with Crippen molar-refractivity contribution in [1.29, 1.82) is 0 Å². The summed E-state index contributed by atoms with van der Waals surface area (Å²) in [6.07, 6.45) is 5.86. The molecule has 23 heavy (non-hydrogen) atoms. The second kappa shape index (κ2) is 7.87. The highest BCUT2D eigenvalue weighted by molar-refractivity contribution is 6.35. The first-order valence-electron chi connectivity index (χ1n) is 8.59. The van der Waals surface area contributed by atoms with Gasteiger partial charge >= 0.3 is 0 Å². The van der Waals surface area contributed by atoms with E-state index < -0.39 is 0 Å². The third kappa shape index (κ3) is 4.20. The molecule has 0 N–H and O–H groups in total. The molecule has 5 heteroatoms. The van der Waals surface area contributed by atoms with Crippen LogP contribution in [0.1, 0.15) is 37.7 Å². The van der Waals surface area contributed by atoms with E-state index in [1.165, 1.54) is 19.3 Å². The van der Waals surface area contributed by atoms with E-state index in [1.54, 1.807) is 0 Å². The molecule has 1 saturated carbocycles. The number of hydrogen-bond acceptors (Lipinski definition) is 2. The van der Waals surface area contributed by atoms with Crippen LogP contribution < -0.4 is 0 Å². The fourth-order valence-electron chi connectivity index (χ4n) is 3.64. The van der Waals surface area contributed by atoms with Crippen molar-refractivity contribution >= 4 is 29.1 Å². The molecule has 1 saturated heterocycles. The maximum absolute atomic E-state index is 12.6. The molecule has 126 valence electrons. The first-order chi connectivity index (χ1) is 11.1. The standard InChI is InChI=1S/C18H24Cl2N2O/c19-16-7-4-8-17(20)15(16)13-21-9-11-22(12-10-21)18(23)14-5-2-1-3-6-14/h4,7-8,14H,1-3,5-6,9-13H2. The summed E-state index contributed by atoms with van der Waals surface area (Å²) >= 11 is 12.5. The van der Waals surface area contributed by atoms with Gasteiger partial charge in [0.25, 0.3) is 0 Å². The number of amides is 1. The lowest BCUT2D eigenvalue weighted by atomic mass is 9.88. The van der Waals surface area contributed by atoms with Crippen molar-refractivity contribution in [3.63, 3.8) is 0 Å². The lowest BCUT2D eigenvalue weighted by Gasteiger charge is -2.37.